The van der Waals surface area contributed by atoms with Gasteiger partial charge in [0.15, 0.2) is 5.78 Å². The molecule has 7 nitrogen and oxygen atoms in total. The van der Waals surface area contributed by atoms with E-state index < -0.39 is 35.6 Å². The number of benzene rings is 4. The Morgan fingerprint density at radius 1 is 0.500 bits per heavy atom. The zero-order valence-corrected chi connectivity index (χ0v) is 29.8. The van der Waals surface area contributed by atoms with E-state index in [1.54, 1.807) is 0 Å². The standard InChI is InChI=1S/C41H44F6N4O3/c42-40(43,44)33-11-15-35(16-12-33)48-19-23-50(24-20-48)37(29-53-27-31-7-3-1-4-8-31)39(52)38(30-54-28-32-9-5-2-6-10-32)51-25-21-49(22-26-51)36-17-13-34(14-18-36)41(45,46)47/h1-18,37-38H,19-30H2. The largest absolute Gasteiger partial charge is 0.416 e. The van der Waals surface area contributed by atoms with E-state index in [1.807, 2.05) is 70.5 Å². The van der Waals surface area contributed by atoms with Crippen molar-refractivity contribution in [3.63, 3.8) is 0 Å². The number of hydrogen-bond donors (Lipinski definition) is 0. The molecule has 0 N–H and O–H groups in total. The first-order valence-electron chi connectivity index (χ1n) is 18.1. The fourth-order valence-corrected chi connectivity index (χ4v) is 6.99. The van der Waals surface area contributed by atoms with Crippen molar-refractivity contribution in [3.05, 3.63) is 131 Å². The third-order valence-electron chi connectivity index (χ3n) is 10.1. The van der Waals surface area contributed by atoms with Gasteiger partial charge in [-0.15, -0.1) is 0 Å². The highest BCUT2D eigenvalue weighted by molar-refractivity contribution is 5.89. The Balaban J connectivity index is 1.17. The lowest BCUT2D eigenvalue weighted by molar-refractivity contribution is -0.138. The number of Topliss-reactive ketones (excluding diaryl/α,β-unsaturated/α-hetero) is 1. The topological polar surface area (TPSA) is 48.5 Å². The Bertz CT molecular complexity index is 1610. The second kappa shape index (κ2) is 17.8. The van der Waals surface area contributed by atoms with Crippen LogP contribution in [0.2, 0.25) is 0 Å². The lowest BCUT2D eigenvalue weighted by Gasteiger charge is -2.43. The van der Waals surface area contributed by atoms with Crippen molar-refractivity contribution >= 4 is 17.2 Å². The predicted octanol–water partition coefficient (Wildman–Crippen LogP) is 7.41. The van der Waals surface area contributed by atoms with Crippen LogP contribution in [0, 0.1) is 0 Å². The van der Waals surface area contributed by atoms with Crippen molar-refractivity contribution in [2.24, 2.45) is 0 Å². The molecule has 0 saturated carbocycles. The first-order valence-corrected chi connectivity index (χ1v) is 18.1. The number of ether oxygens (including phenoxy) is 2. The second-order valence-electron chi connectivity index (χ2n) is 13.6. The van der Waals surface area contributed by atoms with Gasteiger partial charge in [-0.2, -0.15) is 26.3 Å². The highest BCUT2D eigenvalue weighted by atomic mass is 19.4. The number of piperazine rings is 2. The van der Waals surface area contributed by atoms with Crippen LogP contribution in [0.25, 0.3) is 0 Å². The average molecular weight is 755 g/mol. The van der Waals surface area contributed by atoms with Gasteiger partial charge in [-0.3, -0.25) is 14.6 Å². The van der Waals surface area contributed by atoms with E-state index in [2.05, 4.69) is 9.80 Å². The zero-order valence-electron chi connectivity index (χ0n) is 29.8. The summed E-state index contributed by atoms with van der Waals surface area (Å²) < 4.78 is 91.5. The summed E-state index contributed by atoms with van der Waals surface area (Å²) in [4.78, 5) is 23.0. The molecule has 2 heterocycles. The molecule has 0 aliphatic carbocycles. The molecule has 2 unspecified atom stereocenters. The number of carbonyl (C=O) groups is 1. The highest BCUT2D eigenvalue weighted by Crippen LogP contribution is 2.32. The minimum Gasteiger partial charge on any atom is -0.375 e. The Labute approximate surface area is 311 Å². The number of alkyl halides is 6. The van der Waals surface area contributed by atoms with Crippen molar-refractivity contribution in [2.75, 3.05) is 75.4 Å². The summed E-state index contributed by atoms with van der Waals surface area (Å²) in [5.74, 6) is -0.0536. The van der Waals surface area contributed by atoms with Gasteiger partial charge in [-0.25, -0.2) is 0 Å². The van der Waals surface area contributed by atoms with Crippen molar-refractivity contribution in [3.8, 4) is 0 Å². The van der Waals surface area contributed by atoms with Crippen molar-refractivity contribution in [1.82, 2.24) is 9.80 Å². The predicted molar refractivity (Wildman–Crippen MR) is 195 cm³/mol. The first kappa shape index (κ1) is 39.3. The van der Waals surface area contributed by atoms with Crippen LogP contribution in [0.1, 0.15) is 22.3 Å². The normalized spacial score (nSPS) is 17.4. The number of hydrogen-bond acceptors (Lipinski definition) is 7. The van der Waals surface area contributed by atoms with E-state index in [4.69, 9.17) is 9.47 Å². The number of halogens is 6. The van der Waals surface area contributed by atoms with Gasteiger partial charge in [0, 0.05) is 63.7 Å². The Hall–Kier alpha value is -4.43. The molecule has 0 bridgehead atoms. The Morgan fingerprint density at radius 3 is 1.15 bits per heavy atom. The van der Waals surface area contributed by atoms with Crippen molar-refractivity contribution in [1.29, 1.82) is 0 Å². The van der Waals surface area contributed by atoms with Crippen LogP contribution in [0.15, 0.2) is 109 Å². The summed E-state index contributed by atoms with van der Waals surface area (Å²) in [6.45, 7) is 4.90. The summed E-state index contributed by atoms with van der Waals surface area (Å²) in [5.41, 5.74) is 1.91. The summed E-state index contributed by atoms with van der Waals surface area (Å²) in [5, 5.41) is 0. The lowest BCUT2D eigenvalue weighted by atomic mass is 10.0. The molecule has 6 rings (SSSR count). The van der Waals surface area contributed by atoms with Gasteiger partial charge in [-0.1, -0.05) is 60.7 Å². The third kappa shape index (κ3) is 10.4. The Morgan fingerprint density at radius 2 is 0.833 bits per heavy atom. The number of rotatable bonds is 14. The summed E-state index contributed by atoms with van der Waals surface area (Å²) in [7, 11) is 0. The Kier molecular flexibility index (Phi) is 12.9. The summed E-state index contributed by atoms with van der Waals surface area (Å²) in [6.07, 6.45) is -8.83. The molecule has 4 aromatic rings. The number of carbonyl (C=O) groups excluding carboxylic acids is 1. The molecule has 0 amide bonds. The quantitative estimate of drug-likeness (QED) is 0.124. The smallest absolute Gasteiger partial charge is 0.375 e. The minimum absolute atomic E-state index is 0.0536. The third-order valence-corrected chi connectivity index (χ3v) is 10.1. The summed E-state index contributed by atoms with van der Waals surface area (Å²) >= 11 is 0. The molecule has 4 aromatic carbocycles. The number of ketones is 1. The molecule has 54 heavy (non-hydrogen) atoms. The molecule has 0 radical (unpaired) electrons. The van der Waals surface area contributed by atoms with Crippen LogP contribution in [-0.2, 0) is 39.8 Å². The maximum absolute atomic E-state index is 14.8. The van der Waals surface area contributed by atoms with Crippen LogP contribution in [0.3, 0.4) is 0 Å². The van der Waals surface area contributed by atoms with Gasteiger partial charge in [0.05, 0.1) is 49.6 Å². The lowest BCUT2D eigenvalue weighted by Crippen LogP contribution is -2.61. The zero-order chi connectivity index (χ0) is 38.1. The molecular weight excluding hydrogens is 710 g/mol. The molecule has 288 valence electrons. The summed E-state index contributed by atoms with van der Waals surface area (Å²) in [6, 6.07) is 28.4. The molecule has 2 aliphatic heterocycles. The maximum Gasteiger partial charge on any atom is 0.416 e. The molecule has 2 atom stereocenters. The van der Waals surface area contributed by atoms with E-state index >= 15 is 0 Å². The van der Waals surface area contributed by atoms with E-state index in [9.17, 15) is 31.1 Å². The van der Waals surface area contributed by atoms with Crippen molar-refractivity contribution < 1.29 is 40.6 Å². The molecule has 2 fully saturated rings. The van der Waals surface area contributed by atoms with Crippen LogP contribution < -0.4 is 9.80 Å². The fourth-order valence-electron chi connectivity index (χ4n) is 6.99. The van der Waals surface area contributed by atoms with Gasteiger partial charge in [0.2, 0.25) is 0 Å². The molecule has 13 heteroatoms. The second-order valence-corrected chi connectivity index (χ2v) is 13.6. The van der Waals surface area contributed by atoms with E-state index in [-0.39, 0.29) is 19.0 Å². The van der Waals surface area contributed by atoms with Gasteiger partial charge in [0.25, 0.3) is 0 Å². The monoisotopic (exact) mass is 754 g/mol. The van der Waals surface area contributed by atoms with Gasteiger partial charge in [0.1, 0.15) is 0 Å². The minimum atomic E-state index is -4.42. The number of anilines is 2. The van der Waals surface area contributed by atoms with Gasteiger partial charge in [-0.05, 0) is 59.7 Å². The van der Waals surface area contributed by atoms with Crippen LogP contribution in [0.4, 0.5) is 37.7 Å². The van der Waals surface area contributed by atoms with Gasteiger partial charge >= 0.3 is 12.4 Å². The van der Waals surface area contributed by atoms with E-state index in [0.29, 0.717) is 76.9 Å². The fraction of sp³-hybridized carbons (Fsp3) is 0.390. The average Bonchev–Trinajstić information content (AvgIpc) is 3.18. The first-order chi connectivity index (χ1) is 26.0. The van der Waals surface area contributed by atoms with Crippen LogP contribution in [-0.4, -0.2) is 93.2 Å². The van der Waals surface area contributed by atoms with Crippen molar-refractivity contribution in [2.45, 2.75) is 37.7 Å². The maximum atomic E-state index is 14.8. The SMILES string of the molecule is O=C(C(COCc1ccccc1)N1CCN(c2ccc(C(F)(F)F)cc2)CC1)C(COCc1ccccc1)N1CCN(c2ccc(C(F)(F)F)cc2)CC1. The van der Waals surface area contributed by atoms with Crippen LogP contribution in [0.5, 0.6) is 0 Å². The van der Waals surface area contributed by atoms with Gasteiger partial charge < -0.3 is 19.3 Å². The molecular formula is C41H44F6N4O3. The molecule has 2 saturated heterocycles. The molecule has 0 aromatic heterocycles. The molecule has 2 aliphatic rings. The number of nitrogens with zero attached hydrogens (tertiary/aromatic N) is 4. The highest BCUT2D eigenvalue weighted by Gasteiger charge is 2.38. The van der Waals surface area contributed by atoms with Crippen LogP contribution >= 0.6 is 0 Å². The van der Waals surface area contributed by atoms with E-state index in [1.165, 1.54) is 24.3 Å². The van der Waals surface area contributed by atoms with E-state index in [0.717, 1.165) is 35.4 Å². The molecule has 0 spiro atoms.